The maximum atomic E-state index is 6.14. The van der Waals surface area contributed by atoms with Crippen molar-refractivity contribution in [3.63, 3.8) is 0 Å². The number of nitrogens with zero attached hydrogens (tertiary/aromatic N) is 6. The lowest BCUT2D eigenvalue weighted by Crippen LogP contribution is -2.34. The molecule has 0 unspecified atom stereocenters. The fraction of sp³-hybridized carbons (Fsp3) is 0.241. The van der Waals surface area contributed by atoms with Crippen molar-refractivity contribution in [1.29, 1.82) is 0 Å². The third-order valence-corrected chi connectivity index (χ3v) is 13.1. The quantitative estimate of drug-likeness (QED) is 0.117. The highest BCUT2D eigenvalue weighted by Crippen LogP contribution is 2.47. The van der Waals surface area contributed by atoms with Crippen LogP contribution >= 0.6 is 0 Å². The van der Waals surface area contributed by atoms with Gasteiger partial charge in [-0.3, -0.25) is 8.97 Å². The summed E-state index contributed by atoms with van der Waals surface area (Å²) >= 11 is 0. The Morgan fingerprint density at radius 3 is 0.971 bits per heavy atom. The summed E-state index contributed by atoms with van der Waals surface area (Å²) in [5, 5.41) is 0. The van der Waals surface area contributed by atoms with Crippen LogP contribution in [0, 0.1) is 0 Å². The van der Waals surface area contributed by atoms with Gasteiger partial charge in [0.05, 0.1) is 105 Å². The number of ether oxygens (including phenoxy) is 4. The lowest BCUT2D eigenvalue weighted by atomic mass is 10.0. The summed E-state index contributed by atoms with van der Waals surface area (Å²) in [5.41, 5.74) is 17.9. The van der Waals surface area contributed by atoms with Crippen LogP contribution in [0.2, 0.25) is 0 Å². The number of aromatic amines is 2. The van der Waals surface area contributed by atoms with E-state index in [1.165, 1.54) is 0 Å². The minimum atomic E-state index is 0.615. The molecule has 5 heterocycles. The number of rotatable bonds is 12. The molecule has 4 aromatic carbocycles. The Bertz CT molecular complexity index is 3150. The van der Waals surface area contributed by atoms with Crippen molar-refractivity contribution in [1.82, 2.24) is 28.9 Å². The average Bonchev–Trinajstić information content (AvgIpc) is 4.19. The van der Waals surface area contributed by atoms with Crippen molar-refractivity contribution in [3.05, 3.63) is 120 Å². The molecule has 0 atom stereocenters. The van der Waals surface area contributed by atoms with E-state index >= 15 is 0 Å². The molecule has 7 aromatic rings. The summed E-state index contributed by atoms with van der Waals surface area (Å²) in [6.07, 6.45) is 8.41. The molecule has 0 amide bonds. The van der Waals surface area contributed by atoms with Gasteiger partial charge in [-0.15, -0.1) is 0 Å². The summed E-state index contributed by atoms with van der Waals surface area (Å²) < 4.78 is 25.8. The van der Waals surface area contributed by atoms with Gasteiger partial charge in [-0.05, 0) is 96.1 Å². The molecule has 12 heteroatoms. The molecule has 0 saturated carbocycles. The van der Waals surface area contributed by atoms with E-state index in [0.29, 0.717) is 32.0 Å². The number of aromatic nitrogens is 4. The minimum Gasteiger partial charge on any atom is -0.496 e. The van der Waals surface area contributed by atoms with Crippen molar-refractivity contribution < 1.29 is 18.9 Å². The number of benzene rings is 4. The lowest BCUT2D eigenvalue weighted by molar-refractivity contribution is 0.397. The Morgan fingerprint density at radius 1 is 0.386 bits per heavy atom. The normalized spacial score (nSPS) is 12.3. The first-order valence-electron chi connectivity index (χ1n) is 23.3. The van der Waals surface area contributed by atoms with Crippen LogP contribution in [-0.4, -0.2) is 119 Å². The van der Waals surface area contributed by atoms with Gasteiger partial charge in [-0.25, -0.2) is 9.97 Å². The first-order valence-corrected chi connectivity index (χ1v) is 23.3. The van der Waals surface area contributed by atoms with Gasteiger partial charge >= 0.3 is 0 Å². The first kappa shape index (κ1) is 47.3. The van der Waals surface area contributed by atoms with Crippen LogP contribution in [0.25, 0.3) is 90.9 Å². The van der Waals surface area contributed by atoms with E-state index in [1.807, 2.05) is 36.4 Å². The third kappa shape index (κ3) is 8.65. The highest BCUT2D eigenvalue weighted by Gasteiger charge is 2.26. The Labute approximate surface area is 411 Å². The monoisotopic (exact) mass is 937 g/mol. The van der Waals surface area contributed by atoms with Gasteiger partial charge in [-0.1, -0.05) is 12.1 Å². The molecule has 8 bridgehead atoms. The Balaban J connectivity index is 1.54. The van der Waals surface area contributed by atoms with Gasteiger partial charge in [0.2, 0.25) is 0 Å². The van der Waals surface area contributed by atoms with Crippen LogP contribution in [0.4, 0.5) is 22.7 Å². The van der Waals surface area contributed by atoms with Crippen molar-refractivity contribution in [2.24, 2.45) is 0 Å². The van der Waals surface area contributed by atoms with Gasteiger partial charge in [0, 0.05) is 108 Å². The van der Waals surface area contributed by atoms with E-state index in [4.69, 9.17) is 28.9 Å². The molecule has 0 saturated heterocycles. The smallest absolute Gasteiger partial charge is 0.134 e. The predicted molar refractivity (Wildman–Crippen MR) is 295 cm³/mol. The summed E-state index contributed by atoms with van der Waals surface area (Å²) in [6.45, 7) is 0. The maximum Gasteiger partial charge on any atom is 0.134 e. The fourth-order valence-corrected chi connectivity index (χ4v) is 9.30. The predicted octanol–water partition coefficient (Wildman–Crippen LogP) is 11.9. The molecular formula is C58H64N8O4+2. The minimum absolute atomic E-state index is 0.615. The number of anilines is 2. The van der Waals surface area contributed by atoms with E-state index in [0.717, 1.165) is 112 Å². The van der Waals surface area contributed by atoms with Crippen molar-refractivity contribution in [2.45, 2.75) is 0 Å². The number of quaternary nitrogens is 2. The van der Waals surface area contributed by atoms with Crippen LogP contribution in [-0.2, 0) is 0 Å². The highest BCUT2D eigenvalue weighted by molar-refractivity contribution is 6.02. The second-order valence-electron chi connectivity index (χ2n) is 19.9. The van der Waals surface area contributed by atoms with Gasteiger partial charge < -0.3 is 38.7 Å². The molecule has 358 valence electrons. The molecule has 9 rings (SSSR count). The standard InChI is InChI=1S/C58H64N8O4/c1-63(2)37-29-35(31-39(33-37)65(5,6)7)53-41-21-25-45(59-41)55(57-49(67-11)17-15-18-50(57)68-12)47-27-23-43(61-47)54(36-30-38(64(3)4)34-40(32-36)66(8,9)10)44-24-28-48(62-44)56(46-26-22-42(53)60-46)58-51(69-13)19-16-20-52(58)70-14/h15-34,59,62H,1-14H3/q+2. The summed E-state index contributed by atoms with van der Waals surface area (Å²) in [7, 11) is 28.2. The molecule has 0 radical (unpaired) electrons. The molecule has 2 N–H and O–H groups in total. The van der Waals surface area contributed by atoms with Crippen LogP contribution < -0.4 is 37.7 Å². The zero-order valence-corrected chi connectivity index (χ0v) is 42.9. The molecule has 2 aliphatic heterocycles. The largest absolute Gasteiger partial charge is 0.496 e. The third-order valence-electron chi connectivity index (χ3n) is 13.1. The van der Waals surface area contributed by atoms with Crippen molar-refractivity contribution >= 4 is 69.1 Å². The number of methoxy groups -OCH3 is 4. The zero-order valence-electron chi connectivity index (χ0n) is 42.9. The molecule has 0 aliphatic carbocycles. The topological polar surface area (TPSA) is 101 Å². The summed E-state index contributed by atoms with van der Waals surface area (Å²) in [6, 6.07) is 33.8. The van der Waals surface area contributed by atoms with E-state index in [2.05, 4.69) is 175 Å². The van der Waals surface area contributed by atoms with E-state index < -0.39 is 0 Å². The second kappa shape index (κ2) is 18.3. The van der Waals surface area contributed by atoms with Crippen molar-refractivity contribution in [2.75, 3.05) is 109 Å². The number of nitrogens with one attached hydrogen (secondary N) is 2. The Hall–Kier alpha value is -7.80. The average molecular weight is 937 g/mol. The van der Waals surface area contributed by atoms with Gasteiger partial charge in [0.25, 0.3) is 0 Å². The molecule has 2 aliphatic rings. The van der Waals surface area contributed by atoms with E-state index in [9.17, 15) is 0 Å². The van der Waals surface area contributed by atoms with Crippen LogP contribution in [0.15, 0.2) is 97.1 Å². The van der Waals surface area contributed by atoms with Crippen LogP contribution in [0.5, 0.6) is 23.0 Å². The molecular weight excluding hydrogens is 873 g/mol. The van der Waals surface area contributed by atoms with Crippen molar-refractivity contribution in [3.8, 4) is 67.5 Å². The number of fused-ring (bicyclic) bond motifs is 8. The van der Waals surface area contributed by atoms with Gasteiger partial charge in [-0.2, -0.15) is 0 Å². The van der Waals surface area contributed by atoms with Gasteiger partial charge in [0.15, 0.2) is 0 Å². The van der Waals surface area contributed by atoms with E-state index in [-0.39, 0.29) is 0 Å². The SMILES string of the molecule is COc1cccc(OC)c1-c1c2nc(c(-c3cc(N(C)C)cc([N+](C)(C)C)c3)c3ccc([nH]3)c(-c3c(OC)cccc3OC)c3nc(c(-c4cc(N(C)C)cc([N+](C)(C)C)c4)c4ccc1[nH]4)C=C3)C=C2. The number of hydrogen-bond acceptors (Lipinski definition) is 8. The lowest BCUT2D eigenvalue weighted by Gasteiger charge is -2.26. The summed E-state index contributed by atoms with van der Waals surface area (Å²) in [5.74, 6) is 2.62. The molecule has 3 aromatic heterocycles. The Kier molecular flexibility index (Phi) is 12.3. The van der Waals surface area contributed by atoms with Crippen LogP contribution in [0.3, 0.4) is 0 Å². The second-order valence-corrected chi connectivity index (χ2v) is 19.9. The number of hydrogen-bond donors (Lipinski definition) is 2. The molecule has 70 heavy (non-hydrogen) atoms. The molecule has 0 spiro atoms. The summed E-state index contributed by atoms with van der Waals surface area (Å²) in [4.78, 5) is 23.4. The maximum absolute atomic E-state index is 6.14. The highest BCUT2D eigenvalue weighted by atomic mass is 16.5. The van der Waals surface area contributed by atoms with Crippen LogP contribution in [0.1, 0.15) is 22.8 Å². The fourth-order valence-electron chi connectivity index (χ4n) is 9.30. The zero-order chi connectivity index (χ0) is 49.8. The van der Waals surface area contributed by atoms with Gasteiger partial charge in [0.1, 0.15) is 34.4 Å². The first-order chi connectivity index (χ1) is 33.4. The molecule has 0 fully saturated rings. The molecule has 12 nitrogen and oxygen atoms in total. The Morgan fingerprint density at radius 2 is 0.686 bits per heavy atom. The van der Waals surface area contributed by atoms with E-state index in [1.54, 1.807) is 28.4 Å². The number of H-pyrrole nitrogens is 2.